The van der Waals surface area contributed by atoms with Crippen molar-refractivity contribution in [2.45, 2.75) is 12.8 Å². The van der Waals surface area contributed by atoms with E-state index in [0.717, 1.165) is 35.1 Å². The summed E-state index contributed by atoms with van der Waals surface area (Å²) >= 11 is 5.31. The van der Waals surface area contributed by atoms with Crippen LogP contribution in [-0.2, 0) is 0 Å². The Hall–Kier alpha value is -1.46. The Morgan fingerprint density at radius 2 is 1.78 bits per heavy atom. The second kappa shape index (κ2) is 10.2. The van der Waals surface area contributed by atoms with Gasteiger partial charge in [-0.25, -0.2) is 0 Å². The lowest BCUT2D eigenvalue weighted by Crippen LogP contribution is -2.11. The molecular formula is C21H19BrCl2N2S. The summed E-state index contributed by atoms with van der Waals surface area (Å²) in [5.74, 6) is 0. The number of nitrogens with zero attached hydrogens (tertiary/aromatic N) is 2. The van der Waals surface area contributed by atoms with E-state index in [-0.39, 0.29) is 24.8 Å². The number of thiophene rings is 1. The van der Waals surface area contributed by atoms with Gasteiger partial charge < -0.3 is 0 Å². The lowest BCUT2D eigenvalue weighted by molar-refractivity contribution is 0.818. The highest BCUT2D eigenvalue weighted by Gasteiger charge is 2.14. The Morgan fingerprint density at radius 3 is 2.52 bits per heavy atom. The Labute approximate surface area is 184 Å². The monoisotopic (exact) mass is 480 g/mol. The van der Waals surface area contributed by atoms with E-state index in [4.69, 9.17) is 4.99 Å². The van der Waals surface area contributed by atoms with Gasteiger partial charge in [-0.05, 0) is 66.5 Å². The molecule has 3 aromatic rings. The minimum absolute atomic E-state index is 0. The molecule has 4 rings (SSSR count). The van der Waals surface area contributed by atoms with E-state index in [1.807, 2.05) is 23.6 Å². The minimum Gasteiger partial charge on any atom is -0.284 e. The Balaban J connectivity index is 0.00000131. The van der Waals surface area contributed by atoms with Crippen LogP contribution in [0.15, 0.2) is 76.0 Å². The summed E-state index contributed by atoms with van der Waals surface area (Å²) in [5, 5.41) is 0. The minimum atomic E-state index is 0. The zero-order chi connectivity index (χ0) is 17.1. The normalized spacial score (nSPS) is 14.9. The second-order valence-corrected chi connectivity index (χ2v) is 7.99. The van der Waals surface area contributed by atoms with Gasteiger partial charge in [0.1, 0.15) is 0 Å². The molecule has 0 atom stereocenters. The van der Waals surface area contributed by atoms with Crippen LogP contribution in [0.3, 0.4) is 0 Å². The van der Waals surface area contributed by atoms with Gasteiger partial charge in [-0.15, -0.1) is 36.2 Å². The van der Waals surface area contributed by atoms with Crippen LogP contribution in [0.2, 0.25) is 0 Å². The van der Waals surface area contributed by atoms with Crippen LogP contribution < -0.4 is 0 Å². The van der Waals surface area contributed by atoms with Gasteiger partial charge in [0.2, 0.25) is 0 Å². The Morgan fingerprint density at radius 1 is 0.963 bits per heavy atom. The second-order valence-electron chi connectivity index (χ2n) is 5.95. The summed E-state index contributed by atoms with van der Waals surface area (Å²) in [6.45, 7) is 0.899. The van der Waals surface area contributed by atoms with Gasteiger partial charge in [0.15, 0.2) is 0 Å². The van der Waals surface area contributed by atoms with E-state index in [2.05, 4.69) is 69.5 Å². The number of halogens is 3. The van der Waals surface area contributed by atoms with Crippen molar-refractivity contribution in [1.82, 2.24) is 4.98 Å². The Bertz CT molecular complexity index is 934. The molecule has 1 aliphatic heterocycles. The molecule has 0 amide bonds. The highest BCUT2D eigenvalue weighted by Crippen LogP contribution is 2.31. The van der Waals surface area contributed by atoms with Gasteiger partial charge in [-0.1, -0.05) is 28.1 Å². The first-order valence-corrected chi connectivity index (χ1v) is 9.92. The number of pyridine rings is 1. The van der Waals surface area contributed by atoms with E-state index in [0.29, 0.717) is 0 Å². The van der Waals surface area contributed by atoms with E-state index < -0.39 is 0 Å². The van der Waals surface area contributed by atoms with Crippen LogP contribution in [-0.4, -0.2) is 17.2 Å². The van der Waals surface area contributed by atoms with Crippen LogP contribution in [0.1, 0.15) is 23.3 Å². The lowest BCUT2D eigenvalue weighted by Gasteiger charge is -2.15. The molecule has 1 aliphatic rings. The molecule has 6 heteroatoms. The third kappa shape index (κ3) is 5.29. The smallest absolute Gasteiger partial charge is 0.0694 e. The molecular weight excluding hydrogens is 463 g/mol. The first kappa shape index (κ1) is 21.8. The molecule has 0 saturated heterocycles. The summed E-state index contributed by atoms with van der Waals surface area (Å²) in [6.07, 6.45) is 8.18. The van der Waals surface area contributed by atoms with Gasteiger partial charge in [0.05, 0.1) is 5.71 Å². The van der Waals surface area contributed by atoms with Crippen molar-refractivity contribution in [2.75, 3.05) is 6.54 Å². The van der Waals surface area contributed by atoms with Crippen molar-refractivity contribution < 1.29 is 0 Å². The highest BCUT2D eigenvalue weighted by molar-refractivity contribution is 9.10. The van der Waals surface area contributed by atoms with Crippen molar-refractivity contribution in [3.8, 4) is 10.4 Å². The maximum absolute atomic E-state index is 4.76. The first-order chi connectivity index (χ1) is 12.3. The third-order valence-electron chi connectivity index (χ3n) is 4.19. The van der Waals surface area contributed by atoms with E-state index in [1.54, 1.807) is 6.20 Å². The molecule has 3 heterocycles. The van der Waals surface area contributed by atoms with Crippen molar-refractivity contribution in [3.05, 3.63) is 81.4 Å². The SMILES string of the molecule is Brc1ccc(-c2ccc(/C=C3\CCCN=C3c3cccnc3)s2)cc1.Cl.Cl. The van der Waals surface area contributed by atoms with Gasteiger partial charge in [-0.2, -0.15) is 0 Å². The standard InChI is InChI=1S/C21H17BrN2S.2ClH/c22-18-7-5-15(6-8-18)20-10-9-19(25-20)13-16-3-2-12-24-21(16)17-4-1-11-23-14-17;;/h1,4-11,13-14H,2-3,12H2;2*1H/b16-13+;;. The van der Waals surface area contributed by atoms with E-state index in [1.165, 1.54) is 20.9 Å². The third-order valence-corrected chi connectivity index (χ3v) is 5.80. The first-order valence-electron chi connectivity index (χ1n) is 8.31. The summed E-state index contributed by atoms with van der Waals surface area (Å²) < 4.78 is 1.11. The van der Waals surface area contributed by atoms with Crippen LogP contribution in [0.25, 0.3) is 16.5 Å². The van der Waals surface area contributed by atoms with Crippen LogP contribution in [0, 0.1) is 0 Å². The molecule has 2 nitrogen and oxygen atoms in total. The number of benzene rings is 1. The van der Waals surface area contributed by atoms with E-state index in [9.17, 15) is 0 Å². The van der Waals surface area contributed by atoms with Crippen molar-refractivity contribution in [3.63, 3.8) is 0 Å². The summed E-state index contributed by atoms with van der Waals surface area (Å²) in [6, 6.07) is 16.9. The van der Waals surface area contributed by atoms with Crippen molar-refractivity contribution in [1.29, 1.82) is 0 Å². The zero-order valence-corrected chi connectivity index (χ0v) is 18.5. The van der Waals surface area contributed by atoms with Crippen LogP contribution in [0.5, 0.6) is 0 Å². The number of hydrogen-bond acceptors (Lipinski definition) is 3. The molecule has 140 valence electrons. The average Bonchev–Trinajstić information content (AvgIpc) is 3.12. The predicted octanol–water partition coefficient (Wildman–Crippen LogP) is 7.08. The lowest BCUT2D eigenvalue weighted by atomic mass is 9.96. The van der Waals surface area contributed by atoms with Gasteiger partial charge in [0.25, 0.3) is 0 Å². The topological polar surface area (TPSA) is 25.2 Å². The van der Waals surface area contributed by atoms with Gasteiger partial charge >= 0.3 is 0 Å². The van der Waals surface area contributed by atoms with Crippen molar-refractivity contribution >= 4 is 63.9 Å². The molecule has 0 spiro atoms. The summed E-state index contributed by atoms with van der Waals surface area (Å²) in [4.78, 5) is 11.6. The fourth-order valence-electron chi connectivity index (χ4n) is 2.97. The summed E-state index contributed by atoms with van der Waals surface area (Å²) in [5.41, 5.74) is 4.77. The van der Waals surface area contributed by atoms with Gasteiger partial charge in [-0.3, -0.25) is 9.98 Å². The molecule has 0 saturated carbocycles. The molecule has 27 heavy (non-hydrogen) atoms. The largest absolute Gasteiger partial charge is 0.284 e. The molecule has 0 bridgehead atoms. The molecule has 0 N–H and O–H groups in total. The number of aliphatic imine (C=N–C) groups is 1. The molecule has 0 aliphatic carbocycles. The molecule has 1 aromatic carbocycles. The number of rotatable bonds is 3. The predicted molar refractivity (Wildman–Crippen MR) is 125 cm³/mol. The fourth-order valence-corrected chi connectivity index (χ4v) is 4.22. The molecule has 0 radical (unpaired) electrons. The maximum Gasteiger partial charge on any atom is 0.0694 e. The van der Waals surface area contributed by atoms with Gasteiger partial charge in [0, 0.05) is 38.7 Å². The quantitative estimate of drug-likeness (QED) is 0.392. The fraction of sp³-hybridized carbons (Fsp3) is 0.143. The zero-order valence-electron chi connectivity index (χ0n) is 14.5. The van der Waals surface area contributed by atoms with Crippen molar-refractivity contribution in [2.24, 2.45) is 4.99 Å². The van der Waals surface area contributed by atoms with Crippen LogP contribution in [0.4, 0.5) is 0 Å². The molecule has 0 unspecified atom stereocenters. The number of allylic oxidation sites excluding steroid dienone is 1. The number of hydrogen-bond donors (Lipinski definition) is 0. The summed E-state index contributed by atoms with van der Waals surface area (Å²) in [7, 11) is 0. The Kier molecular flexibility index (Phi) is 8.24. The molecule has 2 aromatic heterocycles. The number of aromatic nitrogens is 1. The van der Waals surface area contributed by atoms with Crippen LogP contribution >= 0.6 is 52.1 Å². The average molecular weight is 482 g/mol. The molecule has 0 fully saturated rings. The maximum atomic E-state index is 4.76. The highest BCUT2D eigenvalue weighted by atomic mass is 79.9. The van der Waals surface area contributed by atoms with E-state index >= 15 is 0 Å².